The minimum Gasteiger partial charge on any atom is -0.497 e. The summed E-state index contributed by atoms with van der Waals surface area (Å²) in [6.07, 6.45) is 4.74. The summed E-state index contributed by atoms with van der Waals surface area (Å²) in [5, 5.41) is 26.1. The summed E-state index contributed by atoms with van der Waals surface area (Å²) < 4.78 is 89.1. The zero-order chi connectivity index (χ0) is 44.3. The number of ketones is 1. The Morgan fingerprint density at radius 2 is 1.71 bits per heavy atom. The molecule has 2 aromatic heterocycles. The Morgan fingerprint density at radius 3 is 2.42 bits per heavy atom. The molecule has 3 saturated carbocycles. The maximum atomic E-state index is 15.2. The topological polar surface area (TPSA) is 127 Å². The number of fused-ring (bicyclic) bond motifs is 1. The van der Waals surface area contributed by atoms with Crippen LogP contribution in [0.2, 0.25) is 5.02 Å². The van der Waals surface area contributed by atoms with Crippen LogP contribution in [0.1, 0.15) is 80.5 Å². The van der Waals surface area contributed by atoms with Crippen LogP contribution in [-0.2, 0) is 22.7 Å². The van der Waals surface area contributed by atoms with Gasteiger partial charge in [-0.15, -0.1) is 11.3 Å². The summed E-state index contributed by atoms with van der Waals surface area (Å²) in [6.45, 7) is 3.97. The number of hydrogen-bond donors (Lipinski definition) is 2. The summed E-state index contributed by atoms with van der Waals surface area (Å²) >= 11 is 7.50. The van der Waals surface area contributed by atoms with Gasteiger partial charge < -0.3 is 24.1 Å². The van der Waals surface area contributed by atoms with Gasteiger partial charge in [-0.3, -0.25) is 4.79 Å². The number of aliphatic hydroxyl groups is 2. The molecule has 0 amide bonds. The highest BCUT2D eigenvalue weighted by Crippen LogP contribution is 2.78. The Balaban J connectivity index is 1.13. The number of hydrogen-bond acceptors (Lipinski definition) is 9. The van der Waals surface area contributed by atoms with E-state index in [1.807, 2.05) is 13.0 Å². The van der Waals surface area contributed by atoms with E-state index < -0.39 is 55.5 Å². The van der Waals surface area contributed by atoms with Crippen LogP contribution in [0.4, 0.5) is 13.2 Å². The summed E-state index contributed by atoms with van der Waals surface area (Å²) in [6, 6.07) is 14.3. The third-order valence-electron chi connectivity index (χ3n) is 15.7. The molecule has 2 heterocycles. The fraction of sp³-hybridized carbons (Fsp3) is 0.468. The minimum absolute atomic E-state index is 0.00222. The van der Waals surface area contributed by atoms with Gasteiger partial charge in [-0.2, -0.15) is 17.5 Å². The van der Waals surface area contributed by atoms with Gasteiger partial charge in [0, 0.05) is 52.1 Å². The SMILES string of the molecule is COc1ccc(CN(C[C@]2(O)CC[C@H]3[C@]45C=C[C@@]6(C=C4C(=O)c4ccc(-c7cc(C(F)(F)F)ccc7Cl)o4)CC(O)CC[C@]6(C)[C@H]5CC[C@@]32C)S(=O)(=O)c2cccs2)c(OC)c1. The maximum Gasteiger partial charge on any atom is 0.416 e. The van der Waals surface area contributed by atoms with Crippen LogP contribution >= 0.6 is 22.9 Å². The summed E-state index contributed by atoms with van der Waals surface area (Å²) in [5.74, 6) is 0.0805. The molecule has 0 radical (unpaired) electrons. The number of thiophene rings is 1. The molecular weight excluding hydrogens is 863 g/mol. The Bertz CT molecular complexity index is 2610. The Labute approximate surface area is 368 Å². The van der Waals surface area contributed by atoms with Crippen molar-refractivity contribution in [3.05, 3.63) is 112 Å². The number of furan rings is 1. The molecule has 3 fully saturated rings. The van der Waals surface area contributed by atoms with Crippen LogP contribution in [0.3, 0.4) is 0 Å². The zero-order valence-corrected chi connectivity index (χ0v) is 37.2. The van der Waals surface area contributed by atoms with E-state index in [1.54, 1.807) is 35.7 Å². The molecule has 6 aliphatic carbocycles. The van der Waals surface area contributed by atoms with E-state index in [2.05, 4.69) is 19.1 Å². The van der Waals surface area contributed by atoms with Crippen molar-refractivity contribution in [2.75, 3.05) is 20.8 Å². The molecule has 2 spiro atoms. The van der Waals surface area contributed by atoms with E-state index in [0.29, 0.717) is 61.2 Å². The number of ether oxygens (including phenoxy) is 2. The van der Waals surface area contributed by atoms with Crippen molar-refractivity contribution in [2.24, 2.45) is 33.5 Å². The fourth-order valence-electron chi connectivity index (χ4n) is 12.5. The number of rotatable bonds is 11. The monoisotopic (exact) mass is 911 g/mol. The van der Waals surface area contributed by atoms with E-state index in [-0.39, 0.29) is 63.1 Å². The summed E-state index contributed by atoms with van der Waals surface area (Å²) in [7, 11) is -1.09. The predicted octanol–water partition coefficient (Wildman–Crippen LogP) is 10.4. The molecule has 62 heavy (non-hydrogen) atoms. The Morgan fingerprint density at radius 1 is 0.968 bits per heavy atom. The van der Waals surface area contributed by atoms with Crippen LogP contribution in [0.25, 0.3) is 11.3 Å². The standard InChI is InChI=1S/C47H49ClF3NO8S2/c1-42-16-13-30(53)24-44(42)19-20-46(33(25-44)41(54)36-12-11-35(60-36)32-22-29(47(49,50)51)8-10-34(32)48)38(42)14-17-43(2)39(46)15-18-45(43,55)27-52(62(56,57)40-6-5-21-61-40)26-28-7-9-31(58-3)23-37(28)59-4/h5-12,19-23,25,30,38-39,53,55H,13-18,24,26-27H2,1-4H3/t30?,38-,39-,42-,43+,44+,45-,46-/m1/s1. The minimum atomic E-state index is -4.63. The third-order valence-corrected chi connectivity index (χ3v) is 19.2. The second-order valence-electron chi connectivity index (χ2n) is 18.4. The molecule has 0 aliphatic heterocycles. The molecule has 4 aromatic rings. The molecule has 15 heteroatoms. The number of carbonyl (C=O) groups excluding carboxylic acids is 1. The molecule has 9 nitrogen and oxygen atoms in total. The molecule has 2 bridgehead atoms. The first-order valence-corrected chi connectivity index (χ1v) is 23.6. The number of allylic oxidation sites excluding steroid dienone is 4. The van der Waals surface area contributed by atoms with E-state index in [1.165, 1.54) is 30.7 Å². The summed E-state index contributed by atoms with van der Waals surface area (Å²) in [4.78, 5) is 15.2. The lowest BCUT2D eigenvalue weighted by Gasteiger charge is -2.71. The average molecular weight is 912 g/mol. The normalized spacial score (nSPS) is 32.6. The first kappa shape index (κ1) is 43.3. The largest absolute Gasteiger partial charge is 0.497 e. The van der Waals surface area contributed by atoms with Crippen molar-refractivity contribution in [1.29, 1.82) is 0 Å². The van der Waals surface area contributed by atoms with E-state index >= 15 is 4.79 Å². The number of Topliss-reactive ketones (excluding diaryl/α,β-unsaturated/α-hetero) is 1. The van der Waals surface area contributed by atoms with Crippen molar-refractivity contribution in [1.82, 2.24) is 4.31 Å². The van der Waals surface area contributed by atoms with Gasteiger partial charge in [0.2, 0.25) is 5.78 Å². The van der Waals surface area contributed by atoms with Gasteiger partial charge in [0.1, 0.15) is 21.5 Å². The van der Waals surface area contributed by atoms with Gasteiger partial charge in [-0.25, -0.2) is 8.42 Å². The van der Waals surface area contributed by atoms with Crippen LogP contribution in [0.5, 0.6) is 11.5 Å². The van der Waals surface area contributed by atoms with Crippen molar-refractivity contribution in [3.63, 3.8) is 0 Å². The fourth-order valence-corrected chi connectivity index (χ4v) is 15.3. The molecule has 1 unspecified atom stereocenters. The lowest BCUT2D eigenvalue weighted by molar-refractivity contribution is -0.174. The van der Waals surface area contributed by atoms with Gasteiger partial charge >= 0.3 is 6.18 Å². The van der Waals surface area contributed by atoms with Crippen molar-refractivity contribution in [2.45, 2.75) is 87.4 Å². The number of benzene rings is 2. The number of alkyl halides is 3. The number of halogens is 4. The summed E-state index contributed by atoms with van der Waals surface area (Å²) in [5.41, 5.74) is -4.24. The van der Waals surface area contributed by atoms with E-state index in [4.69, 9.17) is 25.5 Å². The molecule has 2 aromatic carbocycles. The van der Waals surface area contributed by atoms with Crippen LogP contribution < -0.4 is 9.47 Å². The van der Waals surface area contributed by atoms with Gasteiger partial charge in [0.25, 0.3) is 10.0 Å². The maximum absolute atomic E-state index is 15.2. The third kappa shape index (κ3) is 6.32. The highest BCUT2D eigenvalue weighted by atomic mass is 35.5. The van der Waals surface area contributed by atoms with Crippen LogP contribution in [0.15, 0.2) is 98.5 Å². The first-order chi connectivity index (χ1) is 29.2. The number of sulfonamides is 1. The molecule has 330 valence electrons. The van der Waals surface area contributed by atoms with E-state index in [9.17, 15) is 31.8 Å². The van der Waals surface area contributed by atoms with Crippen molar-refractivity contribution >= 4 is 38.7 Å². The number of carbonyl (C=O) groups is 1. The predicted molar refractivity (Wildman–Crippen MR) is 229 cm³/mol. The highest BCUT2D eigenvalue weighted by Gasteiger charge is 2.75. The average Bonchev–Trinajstić information content (AvgIpc) is 4.01. The second kappa shape index (κ2) is 14.8. The van der Waals surface area contributed by atoms with Crippen LogP contribution in [0, 0.1) is 33.5 Å². The van der Waals surface area contributed by atoms with E-state index in [0.717, 1.165) is 29.5 Å². The molecule has 0 saturated heterocycles. The molecule has 8 atom stereocenters. The van der Waals surface area contributed by atoms with Gasteiger partial charge in [-0.1, -0.05) is 55.8 Å². The lowest BCUT2D eigenvalue weighted by atomic mass is 9.32. The molecule has 6 aliphatic rings. The molecular formula is C47H49ClF3NO8S2. The van der Waals surface area contributed by atoms with Crippen molar-refractivity contribution in [3.8, 4) is 22.8 Å². The molecule has 2 N–H and O–H groups in total. The first-order valence-electron chi connectivity index (χ1n) is 20.9. The Hall–Kier alpha value is -3.92. The zero-order valence-electron chi connectivity index (χ0n) is 34.8. The second-order valence-corrected chi connectivity index (χ2v) is 21.9. The molecule has 10 rings (SSSR count). The quantitative estimate of drug-likeness (QED) is 0.113. The smallest absolute Gasteiger partial charge is 0.416 e. The number of methoxy groups -OCH3 is 2. The lowest BCUT2D eigenvalue weighted by Crippen LogP contribution is -2.67. The van der Waals surface area contributed by atoms with Crippen molar-refractivity contribution < 1.29 is 50.5 Å². The van der Waals surface area contributed by atoms with Gasteiger partial charge in [0.15, 0.2) is 5.76 Å². The van der Waals surface area contributed by atoms with Crippen LogP contribution in [-0.4, -0.2) is 61.2 Å². The Kier molecular flexibility index (Phi) is 10.4. The highest BCUT2D eigenvalue weighted by molar-refractivity contribution is 7.91. The van der Waals surface area contributed by atoms with Gasteiger partial charge in [-0.05, 0) is 110 Å². The van der Waals surface area contributed by atoms with Gasteiger partial charge in [0.05, 0.1) is 36.5 Å². The number of nitrogens with zero attached hydrogens (tertiary/aromatic N) is 1. The number of aliphatic hydroxyl groups excluding tert-OH is 1.